The smallest absolute Gasteiger partial charge is 0.253 e. The Hall–Kier alpha value is -2.07. The second kappa shape index (κ2) is 8.54. The first-order chi connectivity index (χ1) is 12.5. The van der Waals surface area contributed by atoms with Crippen LogP contribution in [0, 0.1) is 19.8 Å². The van der Waals surface area contributed by atoms with Gasteiger partial charge in [0, 0.05) is 25.0 Å². The van der Waals surface area contributed by atoms with Crippen molar-refractivity contribution in [2.45, 2.75) is 45.6 Å². The third kappa shape index (κ3) is 4.98. The Kier molecular flexibility index (Phi) is 6.15. The van der Waals surface area contributed by atoms with Gasteiger partial charge in [0.25, 0.3) is 5.91 Å². The van der Waals surface area contributed by atoms with E-state index in [4.69, 9.17) is 11.6 Å². The molecule has 1 heterocycles. The topological polar surface area (TPSA) is 54.0 Å². The first-order valence-corrected chi connectivity index (χ1v) is 9.61. The van der Waals surface area contributed by atoms with E-state index < -0.39 is 0 Å². The van der Waals surface area contributed by atoms with Gasteiger partial charge in [-0.05, 0) is 69.2 Å². The fourth-order valence-corrected chi connectivity index (χ4v) is 3.70. The SMILES string of the molecule is Cc1cncc(NCC2CCC(NC(=O)c3cc(C)ccc3Cl)CC2)c1. The molecule has 0 aliphatic heterocycles. The number of nitrogens with one attached hydrogen (secondary N) is 2. The van der Waals surface area contributed by atoms with Gasteiger partial charge in [-0.1, -0.05) is 23.2 Å². The summed E-state index contributed by atoms with van der Waals surface area (Å²) in [6, 6.07) is 7.90. The third-order valence-electron chi connectivity index (χ3n) is 5.02. The van der Waals surface area contributed by atoms with Gasteiger partial charge in [-0.2, -0.15) is 0 Å². The normalized spacial score (nSPS) is 19.8. The van der Waals surface area contributed by atoms with Crippen LogP contribution in [0.15, 0.2) is 36.7 Å². The zero-order valence-electron chi connectivity index (χ0n) is 15.4. The number of pyridine rings is 1. The summed E-state index contributed by atoms with van der Waals surface area (Å²) in [5, 5.41) is 7.15. The van der Waals surface area contributed by atoms with Crippen LogP contribution in [0.4, 0.5) is 5.69 Å². The van der Waals surface area contributed by atoms with Crippen LogP contribution in [0.3, 0.4) is 0 Å². The predicted octanol–water partition coefficient (Wildman–Crippen LogP) is 4.75. The Morgan fingerprint density at radius 1 is 1.12 bits per heavy atom. The van der Waals surface area contributed by atoms with E-state index in [2.05, 4.69) is 21.7 Å². The van der Waals surface area contributed by atoms with E-state index in [0.29, 0.717) is 16.5 Å². The van der Waals surface area contributed by atoms with Gasteiger partial charge in [-0.3, -0.25) is 9.78 Å². The maximum absolute atomic E-state index is 12.5. The van der Waals surface area contributed by atoms with Gasteiger partial charge in [-0.15, -0.1) is 0 Å². The molecule has 1 saturated carbocycles. The van der Waals surface area contributed by atoms with Crippen molar-refractivity contribution in [2.24, 2.45) is 5.92 Å². The molecule has 1 aliphatic rings. The number of carbonyl (C=O) groups is 1. The molecule has 5 heteroatoms. The van der Waals surface area contributed by atoms with Crippen LogP contribution < -0.4 is 10.6 Å². The molecule has 2 aromatic rings. The molecular weight excluding hydrogens is 346 g/mol. The van der Waals surface area contributed by atoms with Gasteiger partial charge in [0.1, 0.15) is 0 Å². The number of aromatic nitrogens is 1. The van der Waals surface area contributed by atoms with Crippen molar-refractivity contribution in [1.29, 1.82) is 0 Å². The minimum absolute atomic E-state index is 0.0638. The van der Waals surface area contributed by atoms with E-state index >= 15 is 0 Å². The summed E-state index contributed by atoms with van der Waals surface area (Å²) in [5.41, 5.74) is 3.85. The molecule has 1 fully saturated rings. The van der Waals surface area contributed by atoms with Crippen molar-refractivity contribution >= 4 is 23.2 Å². The second-order valence-electron chi connectivity index (χ2n) is 7.31. The van der Waals surface area contributed by atoms with Gasteiger partial charge in [0.05, 0.1) is 16.3 Å². The predicted molar refractivity (Wildman–Crippen MR) is 107 cm³/mol. The highest BCUT2D eigenvalue weighted by Crippen LogP contribution is 2.26. The van der Waals surface area contributed by atoms with Gasteiger partial charge in [0.15, 0.2) is 0 Å². The first-order valence-electron chi connectivity index (χ1n) is 9.24. The van der Waals surface area contributed by atoms with E-state index in [1.54, 1.807) is 6.07 Å². The molecule has 0 atom stereocenters. The maximum atomic E-state index is 12.5. The molecule has 0 saturated heterocycles. The molecule has 26 heavy (non-hydrogen) atoms. The molecule has 1 aromatic carbocycles. The number of nitrogens with zero attached hydrogens (tertiary/aromatic N) is 1. The van der Waals surface area contributed by atoms with Crippen LogP contribution in [-0.2, 0) is 0 Å². The molecule has 0 unspecified atom stereocenters. The van der Waals surface area contributed by atoms with Crippen LogP contribution >= 0.6 is 11.6 Å². The highest BCUT2D eigenvalue weighted by atomic mass is 35.5. The Labute approximate surface area is 160 Å². The van der Waals surface area contributed by atoms with Crippen LogP contribution in [0.1, 0.15) is 47.2 Å². The van der Waals surface area contributed by atoms with E-state index in [1.165, 1.54) is 0 Å². The van der Waals surface area contributed by atoms with E-state index in [9.17, 15) is 4.79 Å². The Bertz CT molecular complexity index is 770. The molecule has 0 bridgehead atoms. The van der Waals surface area contributed by atoms with Crippen molar-refractivity contribution in [3.05, 3.63) is 58.4 Å². The zero-order valence-corrected chi connectivity index (χ0v) is 16.1. The van der Waals surface area contributed by atoms with Crippen LogP contribution in [-0.4, -0.2) is 23.5 Å². The molecule has 0 spiro atoms. The van der Waals surface area contributed by atoms with Crippen molar-refractivity contribution in [3.63, 3.8) is 0 Å². The van der Waals surface area contributed by atoms with Crippen LogP contribution in [0.25, 0.3) is 0 Å². The Morgan fingerprint density at radius 2 is 1.88 bits per heavy atom. The Morgan fingerprint density at radius 3 is 2.62 bits per heavy atom. The summed E-state index contributed by atoms with van der Waals surface area (Å²) >= 11 is 6.17. The first kappa shape index (κ1) is 18.7. The number of anilines is 1. The number of carbonyl (C=O) groups excluding carboxylic acids is 1. The van der Waals surface area contributed by atoms with E-state index in [1.807, 2.05) is 38.4 Å². The molecule has 3 rings (SSSR count). The fraction of sp³-hybridized carbons (Fsp3) is 0.429. The average molecular weight is 372 g/mol. The van der Waals surface area contributed by atoms with Crippen LogP contribution in [0.2, 0.25) is 5.02 Å². The summed E-state index contributed by atoms with van der Waals surface area (Å²) in [7, 11) is 0. The molecule has 4 nitrogen and oxygen atoms in total. The summed E-state index contributed by atoms with van der Waals surface area (Å²) in [6.07, 6.45) is 7.96. The largest absolute Gasteiger partial charge is 0.384 e. The number of aryl methyl sites for hydroxylation is 2. The minimum Gasteiger partial charge on any atom is -0.384 e. The quantitative estimate of drug-likeness (QED) is 0.797. The number of amides is 1. The maximum Gasteiger partial charge on any atom is 0.253 e. The van der Waals surface area contributed by atoms with Gasteiger partial charge in [0.2, 0.25) is 0 Å². The van der Waals surface area contributed by atoms with Crippen molar-refractivity contribution in [3.8, 4) is 0 Å². The highest BCUT2D eigenvalue weighted by Gasteiger charge is 2.23. The molecule has 1 amide bonds. The highest BCUT2D eigenvalue weighted by molar-refractivity contribution is 6.33. The molecule has 1 aliphatic carbocycles. The van der Waals surface area contributed by atoms with Gasteiger partial charge < -0.3 is 10.6 Å². The van der Waals surface area contributed by atoms with Crippen LogP contribution in [0.5, 0.6) is 0 Å². The van der Waals surface area contributed by atoms with E-state index in [0.717, 1.165) is 49.0 Å². The number of hydrogen-bond acceptors (Lipinski definition) is 3. The second-order valence-corrected chi connectivity index (χ2v) is 7.71. The lowest BCUT2D eigenvalue weighted by Gasteiger charge is -2.29. The monoisotopic (exact) mass is 371 g/mol. The summed E-state index contributed by atoms with van der Waals surface area (Å²) < 4.78 is 0. The van der Waals surface area contributed by atoms with Crippen molar-refractivity contribution < 1.29 is 4.79 Å². The van der Waals surface area contributed by atoms with Gasteiger partial charge in [-0.25, -0.2) is 0 Å². The summed E-state index contributed by atoms with van der Waals surface area (Å²) in [5.74, 6) is 0.567. The molecular formula is C21H26ClN3O. The zero-order chi connectivity index (χ0) is 18.5. The lowest BCUT2D eigenvalue weighted by atomic mass is 9.86. The lowest BCUT2D eigenvalue weighted by molar-refractivity contribution is 0.0923. The fourth-order valence-electron chi connectivity index (χ4n) is 3.50. The molecule has 138 valence electrons. The third-order valence-corrected chi connectivity index (χ3v) is 5.35. The van der Waals surface area contributed by atoms with Crippen molar-refractivity contribution in [2.75, 3.05) is 11.9 Å². The van der Waals surface area contributed by atoms with Crippen molar-refractivity contribution in [1.82, 2.24) is 10.3 Å². The number of hydrogen-bond donors (Lipinski definition) is 2. The molecule has 2 N–H and O–H groups in total. The molecule has 1 aromatic heterocycles. The summed E-state index contributed by atoms with van der Waals surface area (Å²) in [6.45, 7) is 4.97. The van der Waals surface area contributed by atoms with Gasteiger partial charge >= 0.3 is 0 Å². The minimum atomic E-state index is -0.0638. The number of rotatable bonds is 5. The summed E-state index contributed by atoms with van der Waals surface area (Å²) in [4.78, 5) is 16.7. The Balaban J connectivity index is 1.46. The van der Waals surface area contributed by atoms with E-state index in [-0.39, 0.29) is 11.9 Å². The standard InChI is InChI=1S/C21H26ClN3O/c1-14-3-8-20(22)19(10-14)21(26)25-17-6-4-16(5-7-17)12-24-18-9-15(2)11-23-13-18/h3,8-11,13,16-17,24H,4-7,12H2,1-2H3,(H,25,26). The lowest BCUT2D eigenvalue weighted by Crippen LogP contribution is -2.38. The number of benzene rings is 1. The average Bonchev–Trinajstić information content (AvgIpc) is 2.63. The number of halogens is 1. The molecule has 0 radical (unpaired) electrons.